The van der Waals surface area contributed by atoms with Gasteiger partial charge in [0.2, 0.25) is 0 Å². The largest absolute Gasteiger partial charge is 0.483 e. The second-order valence-electron chi connectivity index (χ2n) is 4.76. The Kier molecular flexibility index (Phi) is 4.12. The summed E-state index contributed by atoms with van der Waals surface area (Å²) in [5, 5.41) is 9.08. The number of ether oxygens (including phenoxy) is 1. The van der Waals surface area contributed by atoms with Crippen LogP contribution in [0.4, 0.5) is 5.69 Å². The SMILES string of the molecule is CCN(C(=O)COc1ccc(N)cc1C(=O)O)C1CC1. The highest BCUT2D eigenvalue weighted by Gasteiger charge is 2.31. The van der Waals surface area contributed by atoms with E-state index in [1.54, 1.807) is 11.0 Å². The summed E-state index contributed by atoms with van der Waals surface area (Å²) in [6.07, 6.45) is 2.06. The molecule has 1 aromatic rings. The highest BCUT2D eigenvalue weighted by atomic mass is 16.5. The Balaban J connectivity index is 2.03. The van der Waals surface area contributed by atoms with E-state index in [9.17, 15) is 9.59 Å². The normalized spacial score (nSPS) is 13.8. The average Bonchev–Trinajstić information content (AvgIpc) is 3.22. The molecule has 2 rings (SSSR count). The van der Waals surface area contributed by atoms with Gasteiger partial charge in [-0.05, 0) is 38.0 Å². The zero-order valence-electron chi connectivity index (χ0n) is 11.3. The van der Waals surface area contributed by atoms with Crippen LogP contribution >= 0.6 is 0 Å². The first-order valence-corrected chi connectivity index (χ1v) is 6.58. The molecule has 1 amide bonds. The van der Waals surface area contributed by atoms with Crippen LogP contribution in [0.5, 0.6) is 5.75 Å². The lowest BCUT2D eigenvalue weighted by molar-refractivity contribution is -0.133. The minimum atomic E-state index is -1.13. The van der Waals surface area contributed by atoms with Gasteiger partial charge in [-0.2, -0.15) is 0 Å². The summed E-state index contributed by atoms with van der Waals surface area (Å²) in [6, 6.07) is 4.66. The topological polar surface area (TPSA) is 92.9 Å². The van der Waals surface area contributed by atoms with Crippen LogP contribution in [-0.4, -0.2) is 41.1 Å². The van der Waals surface area contributed by atoms with Crippen LogP contribution in [0.1, 0.15) is 30.1 Å². The number of nitrogens with two attached hydrogens (primary N) is 1. The molecule has 0 aromatic heterocycles. The van der Waals surface area contributed by atoms with E-state index in [-0.39, 0.29) is 23.8 Å². The van der Waals surface area contributed by atoms with Crippen LogP contribution in [0.2, 0.25) is 0 Å². The van der Waals surface area contributed by atoms with E-state index in [0.717, 1.165) is 12.8 Å². The number of carboxylic acid groups (broad SMARTS) is 1. The average molecular weight is 278 g/mol. The Morgan fingerprint density at radius 1 is 1.45 bits per heavy atom. The fraction of sp³-hybridized carbons (Fsp3) is 0.429. The number of rotatable bonds is 6. The number of hydrogen-bond acceptors (Lipinski definition) is 4. The number of carbonyl (C=O) groups excluding carboxylic acids is 1. The Morgan fingerprint density at radius 2 is 2.15 bits per heavy atom. The van der Waals surface area contributed by atoms with Crippen molar-refractivity contribution in [2.45, 2.75) is 25.8 Å². The van der Waals surface area contributed by atoms with Gasteiger partial charge in [-0.15, -0.1) is 0 Å². The number of hydrogen-bond donors (Lipinski definition) is 2. The smallest absolute Gasteiger partial charge is 0.339 e. The second kappa shape index (κ2) is 5.81. The molecule has 1 aliphatic carbocycles. The minimum absolute atomic E-state index is 0.0349. The first kappa shape index (κ1) is 14.2. The van der Waals surface area contributed by atoms with Crippen molar-refractivity contribution in [2.75, 3.05) is 18.9 Å². The van der Waals surface area contributed by atoms with E-state index in [4.69, 9.17) is 15.6 Å². The van der Waals surface area contributed by atoms with Gasteiger partial charge in [-0.3, -0.25) is 4.79 Å². The van der Waals surface area contributed by atoms with Crippen LogP contribution < -0.4 is 10.5 Å². The number of carbonyl (C=O) groups is 2. The quantitative estimate of drug-likeness (QED) is 0.766. The van der Waals surface area contributed by atoms with Gasteiger partial charge in [0, 0.05) is 18.3 Å². The summed E-state index contributed by atoms with van der Waals surface area (Å²) in [5.74, 6) is -1.09. The molecule has 0 spiro atoms. The molecule has 0 saturated heterocycles. The predicted octanol–water partition coefficient (Wildman–Crippen LogP) is 1.36. The van der Waals surface area contributed by atoms with Crippen molar-refractivity contribution < 1.29 is 19.4 Å². The lowest BCUT2D eigenvalue weighted by Gasteiger charge is -2.20. The Morgan fingerprint density at radius 3 is 2.70 bits per heavy atom. The van der Waals surface area contributed by atoms with Gasteiger partial charge in [-0.1, -0.05) is 0 Å². The summed E-state index contributed by atoms with van der Waals surface area (Å²) < 4.78 is 5.35. The summed E-state index contributed by atoms with van der Waals surface area (Å²) in [5.41, 5.74) is 5.85. The summed E-state index contributed by atoms with van der Waals surface area (Å²) in [6.45, 7) is 2.40. The molecule has 0 aliphatic heterocycles. The first-order chi connectivity index (χ1) is 9.52. The maximum Gasteiger partial charge on any atom is 0.339 e. The molecule has 1 fully saturated rings. The van der Waals surface area contributed by atoms with Crippen molar-refractivity contribution in [1.29, 1.82) is 0 Å². The molecule has 0 unspecified atom stereocenters. The Hall–Kier alpha value is -2.24. The molecule has 20 heavy (non-hydrogen) atoms. The van der Waals surface area contributed by atoms with Crippen LogP contribution in [0, 0.1) is 0 Å². The van der Waals surface area contributed by atoms with E-state index >= 15 is 0 Å². The fourth-order valence-corrected chi connectivity index (χ4v) is 2.09. The third-order valence-electron chi connectivity index (χ3n) is 3.23. The van der Waals surface area contributed by atoms with Crippen molar-refractivity contribution in [3.63, 3.8) is 0 Å². The molecule has 6 nitrogen and oxygen atoms in total. The van der Waals surface area contributed by atoms with Gasteiger partial charge < -0.3 is 20.5 Å². The predicted molar refractivity (Wildman–Crippen MR) is 73.7 cm³/mol. The van der Waals surface area contributed by atoms with Crippen LogP contribution in [-0.2, 0) is 4.79 Å². The maximum absolute atomic E-state index is 12.0. The highest BCUT2D eigenvalue weighted by molar-refractivity contribution is 5.92. The van der Waals surface area contributed by atoms with Gasteiger partial charge >= 0.3 is 5.97 Å². The zero-order valence-corrected chi connectivity index (χ0v) is 11.3. The van der Waals surface area contributed by atoms with E-state index in [2.05, 4.69) is 0 Å². The minimum Gasteiger partial charge on any atom is -0.483 e. The Labute approximate surface area is 117 Å². The Bertz CT molecular complexity index is 526. The standard InChI is InChI=1S/C14H18N2O4/c1-2-16(10-4-5-10)13(17)8-20-12-6-3-9(15)7-11(12)14(18)19/h3,6-7,10H,2,4-5,8,15H2,1H3,(H,18,19). The molecule has 108 valence electrons. The van der Waals surface area contributed by atoms with Crippen LogP contribution in [0.15, 0.2) is 18.2 Å². The number of amides is 1. The number of nitrogen functional groups attached to an aromatic ring is 1. The van der Waals surface area contributed by atoms with Crippen LogP contribution in [0.25, 0.3) is 0 Å². The molecule has 1 saturated carbocycles. The lowest BCUT2D eigenvalue weighted by Crippen LogP contribution is -2.36. The van der Waals surface area contributed by atoms with Crippen molar-refractivity contribution in [3.8, 4) is 5.75 Å². The van der Waals surface area contributed by atoms with Gasteiger partial charge in [-0.25, -0.2) is 4.79 Å². The second-order valence-corrected chi connectivity index (χ2v) is 4.76. The molecule has 3 N–H and O–H groups in total. The lowest BCUT2D eigenvalue weighted by atomic mass is 10.2. The molecule has 0 heterocycles. The molecule has 1 aliphatic rings. The third-order valence-corrected chi connectivity index (χ3v) is 3.23. The van der Waals surface area contributed by atoms with Gasteiger partial charge in [0.1, 0.15) is 11.3 Å². The molecule has 0 bridgehead atoms. The third kappa shape index (κ3) is 3.20. The molecular formula is C14H18N2O4. The van der Waals surface area contributed by atoms with Crippen molar-refractivity contribution in [3.05, 3.63) is 23.8 Å². The van der Waals surface area contributed by atoms with Gasteiger partial charge in [0.15, 0.2) is 6.61 Å². The monoisotopic (exact) mass is 278 g/mol. The number of likely N-dealkylation sites (N-methyl/N-ethyl adjacent to an activating group) is 1. The van der Waals surface area contributed by atoms with E-state index in [0.29, 0.717) is 18.3 Å². The fourth-order valence-electron chi connectivity index (χ4n) is 2.09. The van der Waals surface area contributed by atoms with Crippen molar-refractivity contribution in [2.24, 2.45) is 0 Å². The summed E-state index contributed by atoms with van der Waals surface area (Å²) in [4.78, 5) is 24.9. The first-order valence-electron chi connectivity index (χ1n) is 6.58. The number of anilines is 1. The molecule has 0 radical (unpaired) electrons. The van der Waals surface area contributed by atoms with E-state index < -0.39 is 5.97 Å². The van der Waals surface area contributed by atoms with E-state index in [1.807, 2.05) is 6.92 Å². The summed E-state index contributed by atoms with van der Waals surface area (Å²) >= 11 is 0. The number of benzene rings is 1. The number of carboxylic acids is 1. The van der Waals surface area contributed by atoms with Crippen molar-refractivity contribution in [1.82, 2.24) is 4.90 Å². The number of nitrogens with zero attached hydrogens (tertiary/aromatic N) is 1. The number of aromatic carboxylic acids is 1. The van der Waals surface area contributed by atoms with Crippen molar-refractivity contribution >= 4 is 17.6 Å². The van der Waals surface area contributed by atoms with Gasteiger partial charge in [0.05, 0.1) is 0 Å². The highest BCUT2D eigenvalue weighted by Crippen LogP contribution is 2.27. The summed E-state index contributed by atoms with van der Waals surface area (Å²) in [7, 11) is 0. The molecular weight excluding hydrogens is 260 g/mol. The van der Waals surface area contributed by atoms with E-state index in [1.165, 1.54) is 12.1 Å². The van der Waals surface area contributed by atoms with Gasteiger partial charge in [0.25, 0.3) is 5.91 Å². The maximum atomic E-state index is 12.0. The molecule has 0 atom stereocenters. The zero-order chi connectivity index (χ0) is 14.7. The van der Waals surface area contributed by atoms with Crippen LogP contribution in [0.3, 0.4) is 0 Å². The molecule has 1 aromatic carbocycles. The molecule has 6 heteroatoms.